The van der Waals surface area contributed by atoms with Crippen LogP contribution in [-0.2, 0) is 4.74 Å². The summed E-state index contributed by atoms with van der Waals surface area (Å²) in [4.78, 5) is 24.4. The number of urea groups is 1. The van der Waals surface area contributed by atoms with E-state index in [2.05, 4.69) is 15.3 Å². The Labute approximate surface area is 201 Å². The Morgan fingerprint density at radius 2 is 2.03 bits per heavy atom. The Kier molecular flexibility index (Phi) is 6.99. The van der Waals surface area contributed by atoms with Gasteiger partial charge in [0.1, 0.15) is 23.6 Å². The van der Waals surface area contributed by atoms with Crippen LogP contribution in [0.2, 0.25) is 0 Å². The van der Waals surface area contributed by atoms with Gasteiger partial charge < -0.3 is 29.9 Å². The van der Waals surface area contributed by atoms with Gasteiger partial charge in [-0.1, -0.05) is 0 Å². The predicted molar refractivity (Wildman–Crippen MR) is 121 cm³/mol. The normalized spacial score (nSPS) is 24.4. The number of alkyl halides is 1. The van der Waals surface area contributed by atoms with Crippen molar-refractivity contribution in [1.29, 1.82) is 0 Å². The van der Waals surface area contributed by atoms with E-state index in [0.717, 1.165) is 18.2 Å². The molecule has 3 fully saturated rings. The van der Waals surface area contributed by atoms with Crippen molar-refractivity contribution in [3.8, 4) is 11.3 Å². The van der Waals surface area contributed by atoms with Crippen molar-refractivity contribution in [2.45, 2.75) is 31.2 Å². The predicted octanol–water partition coefficient (Wildman–Crippen LogP) is 2.48. The van der Waals surface area contributed by atoms with Gasteiger partial charge in [0.25, 0.3) is 0 Å². The second kappa shape index (κ2) is 10.2. The van der Waals surface area contributed by atoms with Gasteiger partial charge in [-0.25, -0.2) is 22.9 Å². The number of aliphatic hydroxyl groups excluding tert-OH is 1. The Balaban J connectivity index is 1.51. The summed E-state index contributed by atoms with van der Waals surface area (Å²) < 4.78 is 48.4. The number of hydrogen-bond donors (Lipinski definition) is 3. The van der Waals surface area contributed by atoms with E-state index in [1.807, 2.05) is 0 Å². The molecule has 0 saturated carbocycles. The molecule has 1 aromatic carbocycles. The maximum atomic E-state index is 14.6. The van der Waals surface area contributed by atoms with Gasteiger partial charge in [-0.2, -0.15) is 0 Å². The fourth-order valence-electron chi connectivity index (χ4n) is 5.22. The second-order valence-corrected chi connectivity index (χ2v) is 9.63. The molecule has 0 unspecified atom stereocenters. The molecule has 8 nitrogen and oxygen atoms in total. The molecule has 0 spiro atoms. The number of aromatic nitrogens is 2. The third-order valence-electron chi connectivity index (χ3n) is 7.21. The van der Waals surface area contributed by atoms with Gasteiger partial charge in [-0.3, -0.25) is 0 Å². The van der Waals surface area contributed by atoms with Gasteiger partial charge >= 0.3 is 6.03 Å². The van der Waals surface area contributed by atoms with E-state index in [9.17, 15) is 23.1 Å². The number of rotatable bonds is 6. The summed E-state index contributed by atoms with van der Waals surface area (Å²) in [7, 11) is 0. The van der Waals surface area contributed by atoms with Gasteiger partial charge in [0.15, 0.2) is 0 Å². The van der Waals surface area contributed by atoms with E-state index in [1.54, 1.807) is 9.80 Å². The minimum atomic E-state index is -1.09. The number of halogens is 3. The molecular weight excluding hydrogens is 463 g/mol. The molecule has 1 aromatic heterocycles. The monoisotopic (exact) mass is 493 g/mol. The molecule has 3 saturated heterocycles. The van der Waals surface area contributed by atoms with Gasteiger partial charge in [0, 0.05) is 44.3 Å². The Hall–Kier alpha value is -2.63. The number of carbonyl (C=O) groups excluding carboxylic acids is 1. The molecule has 11 heteroatoms. The zero-order valence-electron chi connectivity index (χ0n) is 19.3. The molecule has 0 aliphatic carbocycles. The van der Waals surface area contributed by atoms with Gasteiger partial charge in [0.2, 0.25) is 0 Å². The molecule has 0 bridgehead atoms. The van der Waals surface area contributed by atoms with Crippen molar-refractivity contribution in [2.75, 3.05) is 45.9 Å². The molecule has 5 rings (SSSR count). The molecule has 4 heterocycles. The fourth-order valence-corrected chi connectivity index (χ4v) is 5.22. The number of aromatic amines is 1. The lowest BCUT2D eigenvalue weighted by molar-refractivity contribution is -0.00876. The number of benzene rings is 1. The number of aliphatic hydroxyl groups is 1. The van der Waals surface area contributed by atoms with Crippen molar-refractivity contribution in [3.63, 3.8) is 0 Å². The second-order valence-electron chi connectivity index (χ2n) is 9.63. The van der Waals surface area contributed by atoms with Crippen molar-refractivity contribution < 1.29 is 27.8 Å². The molecule has 3 atom stereocenters. The summed E-state index contributed by atoms with van der Waals surface area (Å²) in [5, 5.41) is 12.8. The number of carbonyl (C=O) groups is 1. The van der Waals surface area contributed by atoms with Crippen LogP contribution >= 0.6 is 0 Å². The SMILES string of the molecule is O=C(N1CC(O)C1)N(C[C@@H]1CNC[C@@H]1F)[C@@H](c1ncc(-c2cc(F)ccc2F)[nH]1)C1CCOCC1. The minimum Gasteiger partial charge on any atom is -0.389 e. The summed E-state index contributed by atoms with van der Waals surface area (Å²) in [6.45, 7) is 2.34. The first-order valence-corrected chi connectivity index (χ1v) is 12.1. The van der Waals surface area contributed by atoms with Crippen LogP contribution in [0.5, 0.6) is 0 Å². The van der Waals surface area contributed by atoms with E-state index < -0.39 is 30.0 Å². The highest BCUT2D eigenvalue weighted by Crippen LogP contribution is 2.37. The zero-order chi connectivity index (χ0) is 24.5. The lowest BCUT2D eigenvalue weighted by Gasteiger charge is -2.44. The van der Waals surface area contributed by atoms with Crippen LogP contribution < -0.4 is 5.32 Å². The van der Waals surface area contributed by atoms with Crippen molar-refractivity contribution in [1.82, 2.24) is 25.1 Å². The number of nitrogens with zero attached hydrogens (tertiary/aromatic N) is 3. The van der Waals surface area contributed by atoms with Gasteiger partial charge in [0.05, 0.1) is 37.1 Å². The summed E-state index contributed by atoms with van der Waals surface area (Å²) in [6, 6.07) is 2.37. The molecule has 0 radical (unpaired) electrons. The first-order valence-electron chi connectivity index (χ1n) is 12.1. The molecule has 35 heavy (non-hydrogen) atoms. The molecule has 3 aliphatic rings. The number of ether oxygens (including phenoxy) is 1. The number of nitrogens with one attached hydrogen (secondary N) is 2. The highest BCUT2D eigenvalue weighted by molar-refractivity contribution is 5.76. The highest BCUT2D eigenvalue weighted by atomic mass is 19.1. The van der Waals surface area contributed by atoms with Crippen molar-refractivity contribution in [3.05, 3.63) is 41.9 Å². The van der Waals surface area contributed by atoms with Crippen LogP contribution in [0.3, 0.4) is 0 Å². The van der Waals surface area contributed by atoms with Gasteiger partial charge in [-0.05, 0) is 37.0 Å². The number of imidazole rings is 1. The Bertz CT molecular complexity index is 1040. The van der Waals surface area contributed by atoms with Crippen molar-refractivity contribution in [2.24, 2.45) is 11.8 Å². The van der Waals surface area contributed by atoms with E-state index in [0.29, 0.717) is 44.1 Å². The molecule has 190 valence electrons. The fraction of sp³-hybridized carbons (Fsp3) is 0.583. The lowest BCUT2D eigenvalue weighted by atomic mass is 9.89. The molecule has 2 amide bonds. The molecule has 2 aromatic rings. The van der Waals surface area contributed by atoms with Crippen LogP contribution in [-0.4, -0.2) is 89.1 Å². The van der Waals surface area contributed by atoms with Crippen LogP contribution in [0.15, 0.2) is 24.4 Å². The van der Waals surface area contributed by atoms with Crippen LogP contribution in [0.4, 0.5) is 18.0 Å². The third kappa shape index (κ3) is 5.03. The Morgan fingerprint density at radius 1 is 1.26 bits per heavy atom. The number of β-amino-alcohol motifs (C(OH)–C–C–N with tert-alkyl or cyclic N) is 1. The summed E-state index contributed by atoms with van der Waals surface area (Å²) in [5.41, 5.74) is 0.341. The van der Waals surface area contributed by atoms with Crippen LogP contribution in [0.25, 0.3) is 11.3 Å². The van der Waals surface area contributed by atoms with Crippen LogP contribution in [0, 0.1) is 23.5 Å². The van der Waals surface area contributed by atoms with E-state index >= 15 is 0 Å². The highest BCUT2D eigenvalue weighted by Gasteiger charge is 2.42. The van der Waals surface area contributed by atoms with Crippen molar-refractivity contribution >= 4 is 6.03 Å². The maximum Gasteiger partial charge on any atom is 0.320 e. The summed E-state index contributed by atoms with van der Waals surface area (Å²) >= 11 is 0. The number of H-pyrrole nitrogens is 1. The smallest absolute Gasteiger partial charge is 0.320 e. The minimum absolute atomic E-state index is 0.0253. The largest absolute Gasteiger partial charge is 0.389 e. The lowest BCUT2D eigenvalue weighted by Crippen LogP contribution is -2.59. The summed E-state index contributed by atoms with van der Waals surface area (Å²) in [5.74, 6) is -1.14. The topological polar surface area (TPSA) is 93.7 Å². The standard InChI is InChI=1S/C24H30F3N5O3/c25-16-1-2-19(26)18(7-16)21-10-29-23(30-21)22(14-3-5-35-6-4-14)32(11-15-8-28-9-20(15)27)24(34)31-12-17(33)13-31/h1-2,7,10,14-15,17,20,22,28,33H,3-6,8-9,11-13H2,(H,29,30)/t15-,20-,22+/m0/s1. The Morgan fingerprint density at radius 3 is 2.71 bits per heavy atom. The molecule has 3 N–H and O–H groups in total. The quantitative estimate of drug-likeness (QED) is 0.575. The molecule has 3 aliphatic heterocycles. The van der Waals surface area contributed by atoms with Crippen LogP contribution in [0.1, 0.15) is 24.7 Å². The van der Waals surface area contributed by atoms with E-state index in [1.165, 1.54) is 6.20 Å². The van der Waals surface area contributed by atoms with E-state index in [4.69, 9.17) is 4.74 Å². The van der Waals surface area contributed by atoms with Gasteiger partial charge in [-0.15, -0.1) is 0 Å². The average molecular weight is 494 g/mol. The zero-order valence-corrected chi connectivity index (χ0v) is 19.3. The first-order chi connectivity index (χ1) is 16.9. The summed E-state index contributed by atoms with van der Waals surface area (Å²) in [6.07, 6.45) is 1.11. The first kappa shape index (κ1) is 24.1. The molecular formula is C24H30F3N5O3. The number of hydrogen-bond acceptors (Lipinski definition) is 5. The third-order valence-corrected chi connectivity index (χ3v) is 7.21. The number of amides is 2. The number of likely N-dealkylation sites (tertiary alicyclic amines) is 1. The van der Waals surface area contributed by atoms with E-state index in [-0.39, 0.29) is 49.6 Å². The maximum absolute atomic E-state index is 14.6. The average Bonchev–Trinajstić information content (AvgIpc) is 3.48.